The molecule has 0 amide bonds. The summed E-state index contributed by atoms with van der Waals surface area (Å²) in [6.45, 7) is 4.30. The number of nitrogens with zero attached hydrogens (tertiary/aromatic N) is 1. The van der Waals surface area contributed by atoms with Crippen molar-refractivity contribution in [1.29, 1.82) is 0 Å². The van der Waals surface area contributed by atoms with Gasteiger partial charge in [0.2, 0.25) is 0 Å². The number of hydrogen-bond donors (Lipinski definition) is 0. The van der Waals surface area contributed by atoms with Gasteiger partial charge in [-0.2, -0.15) is 0 Å². The van der Waals surface area contributed by atoms with E-state index >= 15 is 0 Å². The van der Waals surface area contributed by atoms with Crippen LogP contribution in [-0.2, 0) is 0 Å². The smallest absolute Gasteiger partial charge is 0.260 e. The molecule has 7 aromatic carbocycles. The van der Waals surface area contributed by atoms with Crippen molar-refractivity contribution in [2.24, 2.45) is 0 Å². The normalized spacial score (nSPS) is 12.7. The van der Waals surface area contributed by atoms with E-state index < -0.39 is 0 Å². The number of aromatic nitrogens is 1. The van der Waals surface area contributed by atoms with Gasteiger partial charge in [-0.1, -0.05) is 109 Å². The molecule has 48 heavy (non-hydrogen) atoms. The highest BCUT2D eigenvalue weighted by Gasteiger charge is 2.41. The van der Waals surface area contributed by atoms with Crippen molar-refractivity contribution in [3.05, 3.63) is 157 Å². The maximum atomic E-state index is 6.92. The number of ether oxygens (including phenoxy) is 2. The second-order valence-electron chi connectivity index (χ2n) is 13.0. The number of para-hydroxylation sites is 2. The van der Waals surface area contributed by atoms with Gasteiger partial charge in [-0.15, -0.1) is 0 Å². The molecule has 2 aliphatic heterocycles. The Bertz CT molecular complexity index is 2440. The lowest BCUT2D eigenvalue weighted by atomic mass is 9.34. The van der Waals surface area contributed by atoms with Crippen molar-refractivity contribution in [3.8, 4) is 50.9 Å². The van der Waals surface area contributed by atoms with Crippen molar-refractivity contribution in [1.82, 2.24) is 4.57 Å². The Labute approximate surface area is 279 Å². The zero-order valence-electron chi connectivity index (χ0n) is 26.7. The quantitative estimate of drug-likeness (QED) is 0.185. The van der Waals surface area contributed by atoms with E-state index in [0.29, 0.717) is 0 Å². The van der Waals surface area contributed by atoms with Gasteiger partial charge in [-0.3, -0.25) is 0 Å². The van der Waals surface area contributed by atoms with Crippen LogP contribution in [0.1, 0.15) is 11.1 Å². The lowest BCUT2D eigenvalue weighted by Gasteiger charge is -2.34. The maximum Gasteiger partial charge on any atom is 0.260 e. The third-order valence-electron chi connectivity index (χ3n) is 10.2. The highest BCUT2D eigenvalue weighted by molar-refractivity contribution is 6.98. The predicted octanol–water partition coefficient (Wildman–Crippen LogP) is 9.46. The first-order valence-corrected chi connectivity index (χ1v) is 16.5. The lowest BCUT2D eigenvalue weighted by Crippen LogP contribution is -2.57. The predicted molar refractivity (Wildman–Crippen MR) is 199 cm³/mol. The zero-order chi connectivity index (χ0) is 31.9. The first-order valence-electron chi connectivity index (χ1n) is 16.5. The van der Waals surface area contributed by atoms with E-state index in [1.54, 1.807) is 0 Å². The Kier molecular flexibility index (Phi) is 5.80. The fraction of sp³-hybridized carbons (Fsp3) is 0.0455. The molecular formula is C44H30BNO2. The van der Waals surface area contributed by atoms with E-state index in [1.165, 1.54) is 33.0 Å². The van der Waals surface area contributed by atoms with Crippen molar-refractivity contribution in [2.45, 2.75) is 13.8 Å². The van der Waals surface area contributed by atoms with Crippen molar-refractivity contribution in [2.75, 3.05) is 0 Å². The summed E-state index contributed by atoms with van der Waals surface area (Å²) in [5, 5.41) is 2.45. The number of benzene rings is 7. The molecule has 0 fully saturated rings. The van der Waals surface area contributed by atoms with E-state index in [9.17, 15) is 0 Å². The molecule has 0 saturated carbocycles. The van der Waals surface area contributed by atoms with Crippen LogP contribution in [0.2, 0.25) is 0 Å². The van der Waals surface area contributed by atoms with Crippen molar-refractivity contribution in [3.63, 3.8) is 0 Å². The van der Waals surface area contributed by atoms with Gasteiger partial charge in [-0.05, 0) is 82.4 Å². The molecule has 0 saturated heterocycles. The summed E-state index contributed by atoms with van der Waals surface area (Å²) in [4.78, 5) is 0. The van der Waals surface area contributed by atoms with Gasteiger partial charge in [0.05, 0.1) is 16.7 Å². The maximum absolute atomic E-state index is 6.92. The third kappa shape index (κ3) is 3.96. The monoisotopic (exact) mass is 615 g/mol. The van der Waals surface area contributed by atoms with Gasteiger partial charge in [0.15, 0.2) is 0 Å². The molecule has 0 aliphatic carbocycles. The van der Waals surface area contributed by atoms with Crippen LogP contribution in [0.4, 0.5) is 0 Å². The fourth-order valence-corrected chi connectivity index (χ4v) is 7.94. The van der Waals surface area contributed by atoms with Crippen LogP contribution in [0.25, 0.3) is 49.7 Å². The molecular weight excluding hydrogens is 585 g/mol. The highest BCUT2D eigenvalue weighted by atomic mass is 16.5. The second-order valence-corrected chi connectivity index (χ2v) is 13.0. The largest absolute Gasteiger partial charge is 0.458 e. The summed E-state index contributed by atoms with van der Waals surface area (Å²) < 4.78 is 16.2. The summed E-state index contributed by atoms with van der Waals surface area (Å²) in [5.41, 5.74) is 13.9. The summed E-state index contributed by atoms with van der Waals surface area (Å²) in [6.07, 6.45) is 0. The molecule has 0 N–H and O–H groups in total. The SMILES string of the molecule is Cc1ccccc1-c1ccc2c(c1)Oc1cc(-n3c4ccccc4c4ccccc43)cc3c1B2c1ccc(-c2ccccc2C)cc1O3. The van der Waals surface area contributed by atoms with Crippen LogP contribution in [0.5, 0.6) is 23.0 Å². The minimum Gasteiger partial charge on any atom is -0.458 e. The topological polar surface area (TPSA) is 23.4 Å². The zero-order valence-corrected chi connectivity index (χ0v) is 26.7. The molecule has 226 valence electrons. The Morgan fingerprint density at radius 1 is 0.458 bits per heavy atom. The number of hydrogen-bond acceptors (Lipinski definition) is 2. The van der Waals surface area contributed by atoms with E-state index in [-0.39, 0.29) is 6.71 Å². The molecule has 2 aliphatic rings. The summed E-state index contributed by atoms with van der Waals surface area (Å²) >= 11 is 0. The van der Waals surface area contributed by atoms with Crippen LogP contribution in [0, 0.1) is 13.8 Å². The minimum atomic E-state index is -0.0217. The third-order valence-corrected chi connectivity index (χ3v) is 10.2. The standard InChI is InChI=1S/C44H30BNO2/c1-27-11-3-5-13-32(27)29-19-21-36-40(23-29)47-42-25-31(46-38-17-9-7-15-34(38)35-16-8-10-18-39(35)46)26-43-44(42)45(36)37-22-20-30(24-41(37)48-43)33-14-6-4-12-28(33)2/h3-26H,1-2H3. The number of aryl methyl sites for hydroxylation is 2. The van der Waals surface area contributed by atoms with E-state index in [1.807, 2.05) is 0 Å². The van der Waals surface area contributed by atoms with Gasteiger partial charge in [-0.25, -0.2) is 0 Å². The minimum absolute atomic E-state index is 0.0217. The van der Waals surface area contributed by atoms with E-state index in [4.69, 9.17) is 9.47 Å². The number of fused-ring (bicyclic) bond motifs is 7. The Morgan fingerprint density at radius 2 is 0.917 bits per heavy atom. The van der Waals surface area contributed by atoms with Gasteiger partial charge in [0.1, 0.15) is 23.0 Å². The van der Waals surface area contributed by atoms with Gasteiger partial charge in [0, 0.05) is 28.4 Å². The van der Waals surface area contributed by atoms with Crippen LogP contribution in [0.3, 0.4) is 0 Å². The van der Waals surface area contributed by atoms with Gasteiger partial charge >= 0.3 is 0 Å². The van der Waals surface area contributed by atoms with Crippen LogP contribution >= 0.6 is 0 Å². The van der Waals surface area contributed by atoms with Crippen molar-refractivity contribution < 1.29 is 9.47 Å². The molecule has 3 heterocycles. The average Bonchev–Trinajstić information content (AvgIpc) is 3.46. The molecule has 1 aromatic heterocycles. The van der Waals surface area contributed by atoms with Gasteiger partial charge in [0.25, 0.3) is 6.71 Å². The first kappa shape index (κ1) is 27.1. The second kappa shape index (κ2) is 10.3. The Balaban J connectivity index is 1.22. The van der Waals surface area contributed by atoms with Gasteiger partial charge < -0.3 is 14.0 Å². The highest BCUT2D eigenvalue weighted by Crippen LogP contribution is 2.41. The summed E-state index contributed by atoms with van der Waals surface area (Å²) in [7, 11) is 0. The number of rotatable bonds is 3. The molecule has 0 spiro atoms. The first-order chi connectivity index (χ1) is 23.6. The van der Waals surface area contributed by atoms with Crippen LogP contribution < -0.4 is 25.9 Å². The lowest BCUT2D eigenvalue weighted by molar-refractivity contribution is 0.464. The summed E-state index contributed by atoms with van der Waals surface area (Å²) in [6, 6.07) is 52.1. The molecule has 0 atom stereocenters. The molecule has 0 unspecified atom stereocenters. The fourth-order valence-electron chi connectivity index (χ4n) is 7.94. The van der Waals surface area contributed by atoms with E-state index in [2.05, 4.69) is 164 Å². The average molecular weight is 616 g/mol. The summed E-state index contributed by atoms with van der Waals surface area (Å²) in [5.74, 6) is 3.43. The van der Waals surface area contributed by atoms with Crippen molar-refractivity contribution >= 4 is 44.9 Å². The molecule has 8 aromatic rings. The Morgan fingerprint density at radius 3 is 1.42 bits per heavy atom. The molecule has 3 nitrogen and oxygen atoms in total. The molecule has 4 heteroatoms. The van der Waals surface area contributed by atoms with Crippen LogP contribution in [0.15, 0.2) is 146 Å². The van der Waals surface area contributed by atoms with Crippen LogP contribution in [-0.4, -0.2) is 11.3 Å². The molecule has 0 radical (unpaired) electrons. The molecule has 0 bridgehead atoms. The van der Waals surface area contributed by atoms with E-state index in [0.717, 1.165) is 67.2 Å². The molecule has 10 rings (SSSR count). The Hall–Kier alpha value is -6.00.